The number of aromatic nitrogens is 3. The van der Waals surface area contributed by atoms with E-state index >= 15 is 0 Å². The van der Waals surface area contributed by atoms with Gasteiger partial charge < -0.3 is 10.2 Å². The van der Waals surface area contributed by atoms with Gasteiger partial charge in [0.2, 0.25) is 11.9 Å². The third-order valence-corrected chi connectivity index (χ3v) is 5.88. The molecule has 1 N–H and O–H groups in total. The van der Waals surface area contributed by atoms with E-state index in [1.54, 1.807) is 12.4 Å². The minimum absolute atomic E-state index is 0.0406. The van der Waals surface area contributed by atoms with Gasteiger partial charge >= 0.3 is 0 Å². The smallest absolute Gasteiger partial charge is 0.225 e. The van der Waals surface area contributed by atoms with Crippen LogP contribution in [0.3, 0.4) is 0 Å². The van der Waals surface area contributed by atoms with Crippen molar-refractivity contribution in [3.8, 4) is 0 Å². The molecular formula is C21H27FN6O. The summed E-state index contributed by atoms with van der Waals surface area (Å²) >= 11 is 0. The highest BCUT2D eigenvalue weighted by Gasteiger charge is 2.32. The molecule has 2 saturated heterocycles. The average Bonchev–Trinajstić information content (AvgIpc) is 2.79. The molecule has 2 aromatic heterocycles. The lowest BCUT2D eigenvalue weighted by Crippen LogP contribution is -2.51. The normalized spacial score (nSPS) is 21.1. The minimum Gasteiger partial charge on any atom is -0.352 e. The van der Waals surface area contributed by atoms with Crippen LogP contribution < -0.4 is 10.2 Å². The fourth-order valence-corrected chi connectivity index (χ4v) is 4.29. The highest BCUT2D eigenvalue weighted by atomic mass is 19.1. The summed E-state index contributed by atoms with van der Waals surface area (Å²) in [4.78, 5) is 29.5. The Morgan fingerprint density at radius 2 is 1.93 bits per heavy atom. The molecule has 0 bridgehead atoms. The van der Waals surface area contributed by atoms with E-state index in [2.05, 4.69) is 30.1 Å². The number of carbonyl (C=O) groups is 1. The van der Waals surface area contributed by atoms with Crippen LogP contribution in [0.15, 0.2) is 36.9 Å². The van der Waals surface area contributed by atoms with Gasteiger partial charge in [0.05, 0.1) is 18.3 Å². The second kappa shape index (κ2) is 9.26. The van der Waals surface area contributed by atoms with Crippen LogP contribution in [0.4, 0.5) is 10.3 Å². The van der Waals surface area contributed by atoms with Crippen LogP contribution in [0, 0.1) is 11.7 Å². The predicted octanol–water partition coefficient (Wildman–Crippen LogP) is 2.01. The van der Waals surface area contributed by atoms with E-state index in [1.807, 2.05) is 12.1 Å². The number of amides is 1. The first-order valence-corrected chi connectivity index (χ1v) is 10.3. The van der Waals surface area contributed by atoms with Gasteiger partial charge in [-0.25, -0.2) is 14.4 Å². The SMILES string of the molecule is O=C(NCc1cccnc1)C1CCCN(C2CCN(c3ncc(F)cn3)CC2)C1. The summed E-state index contributed by atoms with van der Waals surface area (Å²) in [6, 6.07) is 4.33. The lowest BCUT2D eigenvalue weighted by atomic mass is 9.93. The number of carbonyl (C=O) groups excluding carboxylic acids is 1. The van der Waals surface area contributed by atoms with Crippen molar-refractivity contribution in [3.05, 3.63) is 48.3 Å². The van der Waals surface area contributed by atoms with E-state index in [-0.39, 0.29) is 11.8 Å². The molecule has 2 fully saturated rings. The third-order valence-electron chi connectivity index (χ3n) is 5.88. The number of halogens is 1. The summed E-state index contributed by atoms with van der Waals surface area (Å²) in [6.45, 7) is 4.09. The fraction of sp³-hybridized carbons (Fsp3) is 0.524. The van der Waals surface area contributed by atoms with Crippen molar-refractivity contribution in [2.24, 2.45) is 5.92 Å². The summed E-state index contributed by atoms with van der Waals surface area (Å²) in [5.74, 6) is 0.357. The number of nitrogens with one attached hydrogen (secondary N) is 1. The lowest BCUT2D eigenvalue weighted by molar-refractivity contribution is -0.127. The predicted molar refractivity (Wildman–Crippen MR) is 108 cm³/mol. The molecule has 2 aliphatic rings. The molecule has 8 heteroatoms. The Labute approximate surface area is 170 Å². The highest BCUT2D eigenvalue weighted by molar-refractivity contribution is 5.78. The maximum Gasteiger partial charge on any atom is 0.225 e. The molecule has 1 atom stereocenters. The first-order chi connectivity index (χ1) is 14.2. The van der Waals surface area contributed by atoms with Gasteiger partial charge in [-0.1, -0.05) is 6.07 Å². The fourth-order valence-electron chi connectivity index (χ4n) is 4.29. The zero-order valence-electron chi connectivity index (χ0n) is 16.5. The van der Waals surface area contributed by atoms with Crippen molar-refractivity contribution in [3.63, 3.8) is 0 Å². The van der Waals surface area contributed by atoms with Gasteiger partial charge in [-0.2, -0.15) is 0 Å². The van der Waals surface area contributed by atoms with Crippen molar-refractivity contribution in [2.45, 2.75) is 38.3 Å². The second-order valence-corrected chi connectivity index (χ2v) is 7.83. The molecule has 2 aromatic rings. The topological polar surface area (TPSA) is 74.2 Å². The zero-order chi connectivity index (χ0) is 20.1. The highest BCUT2D eigenvalue weighted by Crippen LogP contribution is 2.25. The summed E-state index contributed by atoms with van der Waals surface area (Å²) < 4.78 is 13.0. The van der Waals surface area contributed by atoms with Crippen LogP contribution in [0.1, 0.15) is 31.2 Å². The molecular weight excluding hydrogens is 371 g/mol. The van der Waals surface area contributed by atoms with Crippen LogP contribution in [-0.4, -0.2) is 58.0 Å². The zero-order valence-corrected chi connectivity index (χ0v) is 16.5. The Morgan fingerprint density at radius 3 is 2.66 bits per heavy atom. The van der Waals surface area contributed by atoms with Gasteiger partial charge in [0.25, 0.3) is 0 Å². The number of hydrogen-bond acceptors (Lipinski definition) is 6. The average molecular weight is 398 g/mol. The minimum atomic E-state index is -0.412. The first-order valence-electron chi connectivity index (χ1n) is 10.3. The Bertz CT molecular complexity index is 795. The number of piperidine rings is 2. The van der Waals surface area contributed by atoms with Crippen LogP contribution in [0.5, 0.6) is 0 Å². The van der Waals surface area contributed by atoms with E-state index in [0.29, 0.717) is 18.5 Å². The summed E-state index contributed by atoms with van der Waals surface area (Å²) in [6.07, 6.45) is 9.95. The summed E-state index contributed by atoms with van der Waals surface area (Å²) in [7, 11) is 0. The van der Waals surface area contributed by atoms with Gasteiger partial charge in [0.1, 0.15) is 0 Å². The standard InChI is InChI=1S/C21H27FN6O/c22-18-13-25-21(26-14-18)27-9-5-19(6-10-27)28-8-2-4-17(15-28)20(29)24-12-16-3-1-7-23-11-16/h1,3,7,11,13-14,17,19H,2,4-6,8-10,12,15H2,(H,24,29). The van der Waals surface area contributed by atoms with E-state index in [0.717, 1.165) is 57.4 Å². The Balaban J connectivity index is 1.26. The molecule has 2 aliphatic heterocycles. The molecule has 0 aliphatic carbocycles. The monoisotopic (exact) mass is 398 g/mol. The van der Waals surface area contributed by atoms with E-state index in [9.17, 15) is 9.18 Å². The van der Waals surface area contributed by atoms with Crippen molar-refractivity contribution in [1.29, 1.82) is 0 Å². The van der Waals surface area contributed by atoms with Crippen LogP contribution in [0.25, 0.3) is 0 Å². The molecule has 29 heavy (non-hydrogen) atoms. The second-order valence-electron chi connectivity index (χ2n) is 7.83. The van der Waals surface area contributed by atoms with Crippen LogP contribution in [-0.2, 0) is 11.3 Å². The molecule has 1 unspecified atom stereocenters. The number of rotatable bonds is 5. The number of hydrogen-bond donors (Lipinski definition) is 1. The largest absolute Gasteiger partial charge is 0.352 e. The van der Waals surface area contributed by atoms with Crippen molar-refractivity contribution >= 4 is 11.9 Å². The third kappa shape index (κ3) is 5.06. The van der Waals surface area contributed by atoms with Crippen LogP contribution >= 0.6 is 0 Å². The molecule has 0 aromatic carbocycles. The maximum absolute atomic E-state index is 13.0. The molecule has 4 rings (SSSR count). The number of nitrogens with zero attached hydrogens (tertiary/aromatic N) is 5. The molecule has 154 valence electrons. The number of pyridine rings is 1. The van der Waals surface area contributed by atoms with Gasteiger partial charge in [0, 0.05) is 44.6 Å². The number of likely N-dealkylation sites (tertiary alicyclic amines) is 1. The summed E-state index contributed by atoms with van der Waals surface area (Å²) in [5, 5.41) is 3.06. The van der Waals surface area contributed by atoms with Gasteiger partial charge in [0.15, 0.2) is 5.82 Å². The molecule has 1 amide bonds. The molecule has 0 spiro atoms. The quantitative estimate of drug-likeness (QED) is 0.831. The maximum atomic E-state index is 13.0. The lowest BCUT2D eigenvalue weighted by Gasteiger charge is -2.42. The molecule has 0 radical (unpaired) electrons. The van der Waals surface area contributed by atoms with E-state index < -0.39 is 5.82 Å². The molecule has 4 heterocycles. The Morgan fingerprint density at radius 1 is 1.14 bits per heavy atom. The summed E-state index contributed by atoms with van der Waals surface area (Å²) in [5.41, 5.74) is 1.02. The van der Waals surface area contributed by atoms with Gasteiger partial charge in [-0.05, 0) is 43.9 Å². The van der Waals surface area contributed by atoms with Gasteiger partial charge in [-0.3, -0.25) is 14.7 Å². The first kappa shape index (κ1) is 19.7. The van der Waals surface area contributed by atoms with Crippen molar-refractivity contribution in [1.82, 2.24) is 25.2 Å². The molecule has 0 saturated carbocycles. The Hall–Kier alpha value is -2.61. The van der Waals surface area contributed by atoms with E-state index in [1.165, 1.54) is 12.4 Å². The van der Waals surface area contributed by atoms with Crippen LogP contribution in [0.2, 0.25) is 0 Å². The van der Waals surface area contributed by atoms with Crippen molar-refractivity contribution < 1.29 is 9.18 Å². The number of anilines is 1. The Kier molecular flexibility index (Phi) is 6.29. The van der Waals surface area contributed by atoms with Gasteiger partial charge in [-0.15, -0.1) is 0 Å². The van der Waals surface area contributed by atoms with Crippen molar-refractivity contribution in [2.75, 3.05) is 31.1 Å². The molecule has 7 nitrogen and oxygen atoms in total. The van der Waals surface area contributed by atoms with E-state index in [4.69, 9.17) is 0 Å².